The summed E-state index contributed by atoms with van der Waals surface area (Å²) < 4.78 is 23.4. The molecule has 1 aliphatic rings. The van der Waals surface area contributed by atoms with Crippen LogP contribution in [0.3, 0.4) is 0 Å². The zero-order valence-corrected chi connectivity index (χ0v) is 12.4. The van der Waals surface area contributed by atoms with Crippen LogP contribution in [0.5, 0.6) is 0 Å². The number of aryl methyl sites for hydroxylation is 1. The summed E-state index contributed by atoms with van der Waals surface area (Å²) in [6.45, 7) is 3.17. The van der Waals surface area contributed by atoms with Crippen molar-refractivity contribution in [1.29, 1.82) is 0 Å². The molecule has 0 aromatic heterocycles. The number of sulfone groups is 1. The Bertz CT molecular complexity index is 539. The molecule has 0 spiro atoms. The van der Waals surface area contributed by atoms with Gasteiger partial charge in [-0.25, -0.2) is 8.42 Å². The van der Waals surface area contributed by atoms with Crippen LogP contribution in [0.1, 0.15) is 17.5 Å². The molecule has 1 heterocycles. The fourth-order valence-corrected chi connectivity index (χ4v) is 4.79. The maximum absolute atomic E-state index is 11.7. The molecule has 5 heteroatoms. The lowest BCUT2D eigenvalue weighted by Crippen LogP contribution is -2.52. The number of hydrogen-bond acceptors (Lipinski definition) is 4. The molecule has 1 unspecified atom stereocenters. The number of benzene rings is 1. The summed E-state index contributed by atoms with van der Waals surface area (Å²) in [5, 5.41) is 0. The van der Waals surface area contributed by atoms with Gasteiger partial charge in [0.05, 0.1) is 11.5 Å². The Hall–Kier alpha value is -0.910. The molecule has 0 aliphatic carbocycles. The minimum atomic E-state index is -2.93. The Morgan fingerprint density at radius 3 is 2.42 bits per heavy atom. The molecule has 1 aliphatic heterocycles. The summed E-state index contributed by atoms with van der Waals surface area (Å²) in [5.41, 5.74) is 7.87. The highest BCUT2D eigenvalue weighted by atomic mass is 32.2. The van der Waals surface area contributed by atoms with Crippen LogP contribution in [-0.4, -0.2) is 44.0 Å². The number of likely N-dealkylation sites (N-methyl/N-ethyl adjacent to an activating group) is 1. The summed E-state index contributed by atoms with van der Waals surface area (Å²) in [4.78, 5) is 2.10. The van der Waals surface area contributed by atoms with Crippen molar-refractivity contribution >= 4 is 9.84 Å². The third-order valence-corrected chi connectivity index (χ3v) is 5.90. The third-order valence-electron chi connectivity index (χ3n) is 4.10. The van der Waals surface area contributed by atoms with Gasteiger partial charge in [0.25, 0.3) is 0 Å². The van der Waals surface area contributed by atoms with E-state index < -0.39 is 15.4 Å². The molecule has 2 rings (SSSR count). The molecule has 0 bridgehead atoms. The highest BCUT2D eigenvalue weighted by Gasteiger charge is 2.44. The van der Waals surface area contributed by atoms with E-state index in [-0.39, 0.29) is 11.5 Å². The van der Waals surface area contributed by atoms with E-state index in [2.05, 4.69) is 36.1 Å². The van der Waals surface area contributed by atoms with Crippen LogP contribution in [-0.2, 0) is 16.4 Å². The van der Waals surface area contributed by atoms with Crippen LogP contribution in [0.15, 0.2) is 24.3 Å². The van der Waals surface area contributed by atoms with Gasteiger partial charge in [-0.15, -0.1) is 0 Å². The molecule has 1 saturated heterocycles. The molecule has 2 N–H and O–H groups in total. The van der Waals surface area contributed by atoms with Gasteiger partial charge in [0, 0.05) is 18.6 Å². The van der Waals surface area contributed by atoms with E-state index >= 15 is 0 Å². The summed E-state index contributed by atoms with van der Waals surface area (Å²) in [7, 11) is -0.966. The fourth-order valence-electron chi connectivity index (χ4n) is 2.65. The van der Waals surface area contributed by atoms with Crippen LogP contribution < -0.4 is 5.73 Å². The van der Waals surface area contributed by atoms with E-state index in [1.165, 1.54) is 11.1 Å². The SMILES string of the molecule is Cc1ccc(CN(C)C2(CN)CCS(=O)(=O)C2)cc1. The van der Waals surface area contributed by atoms with Gasteiger partial charge in [0.15, 0.2) is 9.84 Å². The summed E-state index contributed by atoms with van der Waals surface area (Å²) >= 11 is 0. The highest BCUT2D eigenvalue weighted by molar-refractivity contribution is 7.91. The first kappa shape index (κ1) is 14.5. The van der Waals surface area contributed by atoms with Crippen molar-refractivity contribution in [1.82, 2.24) is 4.90 Å². The Labute approximate surface area is 115 Å². The molecule has 0 saturated carbocycles. The van der Waals surface area contributed by atoms with E-state index in [9.17, 15) is 8.42 Å². The highest BCUT2D eigenvalue weighted by Crippen LogP contribution is 2.29. The van der Waals surface area contributed by atoms with Gasteiger partial charge in [0.1, 0.15) is 0 Å². The quantitative estimate of drug-likeness (QED) is 0.893. The van der Waals surface area contributed by atoms with Gasteiger partial charge >= 0.3 is 0 Å². The second kappa shape index (κ2) is 5.23. The van der Waals surface area contributed by atoms with Crippen LogP contribution in [0.25, 0.3) is 0 Å². The monoisotopic (exact) mass is 282 g/mol. The van der Waals surface area contributed by atoms with Crippen LogP contribution in [0.4, 0.5) is 0 Å². The van der Waals surface area contributed by atoms with E-state index in [0.717, 1.165) is 6.54 Å². The standard InChI is InChI=1S/C14H22N2O2S/c1-12-3-5-13(6-4-12)9-16(2)14(10-15)7-8-19(17,18)11-14/h3-6H,7-11,15H2,1-2H3. The molecule has 0 radical (unpaired) electrons. The smallest absolute Gasteiger partial charge is 0.152 e. The maximum Gasteiger partial charge on any atom is 0.152 e. The zero-order chi connectivity index (χ0) is 14.1. The van der Waals surface area contributed by atoms with E-state index in [0.29, 0.717) is 13.0 Å². The van der Waals surface area contributed by atoms with Crippen LogP contribution in [0.2, 0.25) is 0 Å². The van der Waals surface area contributed by atoms with Gasteiger partial charge in [0.2, 0.25) is 0 Å². The van der Waals surface area contributed by atoms with Crippen molar-refractivity contribution in [3.05, 3.63) is 35.4 Å². The molecule has 19 heavy (non-hydrogen) atoms. The first-order valence-corrected chi connectivity index (χ1v) is 8.36. The van der Waals surface area contributed by atoms with Gasteiger partial charge in [-0.05, 0) is 26.0 Å². The molecule has 0 amide bonds. The zero-order valence-electron chi connectivity index (χ0n) is 11.6. The first-order valence-electron chi connectivity index (χ1n) is 6.54. The molecule has 1 atom stereocenters. The molecule has 106 valence electrons. The van der Waals surface area contributed by atoms with Gasteiger partial charge in [-0.2, -0.15) is 0 Å². The summed E-state index contributed by atoms with van der Waals surface area (Å²) in [6, 6.07) is 8.31. The summed E-state index contributed by atoms with van der Waals surface area (Å²) in [5.74, 6) is 0.432. The second-order valence-corrected chi connectivity index (χ2v) is 7.80. The second-order valence-electron chi connectivity index (χ2n) is 5.61. The average molecular weight is 282 g/mol. The first-order chi connectivity index (χ1) is 8.87. The van der Waals surface area contributed by atoms with Gasteiger partial charge < -0.3 is 5.73 Å². The molecule has 4 nitrogen and oxygen atoms in total. The van der Waals surface area contributed by atoms with Crippen molar-refractivity contribution in [3.63, 3.8) is 0 Å². The van der Waals surface area contributed by atoms with Crippen molar-refractivity contribution in [2.45, 2.75) is 25.4 Å². The predicted molar refractivity (Wildman–Crippen MR) is 77.7 cm³/mol. The number of nitrogens with zero attached hydrogens (tertiary/aromatic N) is 1. The van der Waals surface area contributed by atoms with E-state index in [1.807, 2.05) is 7.05 Å². The van der Waals surface area contributed by atoms with Crippen molar-refractivity contribution < 1.29 is 8.42 Å². The van der Waals surface area contributed by atoms with Crippen molar-refractivity contribution in [2.75, 3.05) is 25.1 Å². The Kier molecular flexibility index (Phi) is 3.99. The Morgan fingerprint density at radius 1 is 1.32 bits per heavy atom. The van der Waals surface area contributed by atoms with Gasteiger partial charge in [-0.1, -0.05) is 29.8 Å². The lowest BCUT2D eigenvalue weighted by Gasteiger charge is -2.36. The summed E-state index contributed by atoms with van der Waals surface area (Å²) in [6.07, 6.45) is 0.633. The third kappa shape index (κ3) is 3.16. The average Bonchev–Trinajstić information content (AvgIpc) is 2.69. The number of nitrogens with two attached hydrogens (primary N) is 1. The normalized spacial score (nSPS) is 25.9. The van der Waals surface area contributed by atoms with E-state index in [4.69, 9.17) is 5.73 Å². The molecule has 1 fully saturated rings. The lowest BCUT2D eigenvalue weighted by atomic mass is 9.96. The molecule has 1 aromatic rings. The molecular weight excluding hydrogens is 260 g/mol. The largest absolute Gasteiger partial charge is 0.329 e. The van der Waals surface area contributed by atoms with Crippen LogP contribution >= 0.6 is 0 Å². The van der Waals surface area contributed by atoms with E-state index in [1.54, 1.807) is 0 Å². The molecular formula is C14H22N2O2S. The minimum absolute atomic E-state index is 0.179. The number of rotatable bonds is 4. The Morgan fingerprint density at radius 2 is 1.95 bits per heavy atom. The fraction of sp³-hybridized carbons (Fsp3) is 0.571. The predicted octanol–water partition coefficient (Wildman–Crippen LogP) is 0.943. The minimum Gasteiger partial charge on any atom is -0.329 e. The topological polar surface area (TPSA) is 63.4 Å². The number of hydrogen-bond donors (Lipinski definition) is 1. The van der Waals surface area contributed by atoms with Crippen LogP contribution in [0, 0.1) is 6.92 Å². The maximum atomic E-state index is 11.7. The van der Waals surface area contributed by atoms with Gasteiger partial charge in [-0.3, -0.25) is 4.90 Å². The Balaban J connectivity index is 2.14. The lowest BCUT2D eigenvalue weighted by molar-refractivity contribution is 0.143. The van der Waals surface area contributed by atoms with Crippen molar-refractivity contribution in [3.8, 4) is 0 Å². The molecule has 1 aromatic carbocycles. The van der Waals surface area contributed by atoms with Crippen molar-refractivity contribution in [2.24, 2.45) is 5.73 Å².